The SMILES string of the molecule is Cc1ccccc1-c1c2sc3cc4c(cc3c2cc[n+]1C)sc1ccccc14. The summed E-state index contributed by atoms with van der Waals surface area (Å²) in [4.78, 5) is 0. The quantitative estimate of drug-likeness (QED) is 0.258. The van der Waals surface area contributed by atoms with E-state index in [9.17, 15) is 0 Å². The van der Waals surface area contributed by atoms with Gasteiger partial charge in [-0.3, -0.25) is 0 Å². The Morgan fingerprint density at radius 2 is 1.39 bits per heavy atom. The molecule has 6 aromatic rings. The summed E-state index contributed by atoms with van der Waals surface area (Å²) in [6.45, 7) is 2.20. The van der Waals surface area contributed by atoms with E-state index >= 15 is 0 Å². The molecule has 0 aliphatic heterocycles. The summed E-state index contributed by atoms with van der Waals surface area (Å²) in [5.74, 6) is 0. The fourth-order valence-corrected chi connectivity index (χ4v) is 6.69. The second kappa shape index (κ2) is 5.87. The average molecular weight is 397 g/mol. The van der Waals surface area contributed by atoms with Crippen LogP contribution in [-0.4, -0.2) is 0 Å². The van der Waals surface area contributed by atoms with E-state index in [2.05, 4.69) is 91.5 Å². The predicted octanol–water partition coefficient (Wildman–Crippen LogP) is 7.22. The number of hydrogen-bond acceptors (Lipinski definition) is 2. The molecule has 0 unspecified atom stereocenters. The number of fused-ring (bicyclic) bond motifs is 6. The Hall–Kier alpha value is -2.75. The van der Waals surface area contributed by atoms with E-state index in [0.29, 0.717) is 0 Å². The van der Waals surface area contributed by atoms with Gasteiger partial charge in [0.05, 0.1) is 5.56 Å². The maximum atomic E-state index is 2.40. The number of hydrogen-bond donors (Lipinski definition) is 0. The topological polar surface area (TPSA) is 3.88 Å². The standard InChI is InChI=1S/C25H18NS2/c1-15-7-3-4-8-16(15)24-25-18(11-12-26(24)2)20-14-22-19(13-23(20)28-25)17-9-5-6-10-21(17)27-22/h3-14H,1-2H3/q+1. The van der Waals surface area contributed by atoms with Crippen molar-refractivity contribution in [1.29, 1.82) is 0 Å². The zero-order chi connectivity index (χ0) is 18.8. The molecule has 3 heteroatoms. The first-order valence-corrected chi connectivity index (χ1v) is 11.1. The zero-order valence-electron chi connectivity index (χ0n) is 15.7. The van der Waals surface area contributed by atoms with Gasteiger partial charge in [0, 0.05) is 41.7 Å². The van der Waals surface area contributed by atoms with Crippen LogP contribution in [0.25, 0.3) is 51.6 Å². The first-order valence-electron chi connectivity index (χ1n) is 9.43. The number of thiophene rings is 2. The summed E-state index contributed by atoms with van der Waals surface area (Å²) in [7, 11) is 2.15. The van der Waals surface area contributed by atoms with Gasteiger partial charge in [0.15, 0.2) is 6.20 Å². The molecule has 28 heavy (non-hydrogen) atoms. The summed E-state index contributed by atoms with van der Waals surface area (Å²) < 4.78 is 7.74. The number of aryl methyl sites for hydroxylation is 2. The Balaban J connectivity index is 1.75. The summed E-state index contributed by atoms with van der Waals surface area (Å²) in [6.07, 6.45) is 2.20. The minimum atomic E-state index is 1.31. The minimum absolute atomic E-state index is 1.31. The largest absolute Gasteiger partial charge is 0.230 e. The molecule has 6 rings (SSSR count). The third-order valence-electron chi connectivity index (χ3n) is 5.66. The van der Waals surface area contributed by atoms with Crippen LogP contribution in [-0.2, 0) is 7.05 Å². The molecule has 3 heterocycles. The normalized spacial score (nSPS) is 11.9. The van der Waals surface area contributed by atoms with Crippen LogP contribution in [0.15, 0.2) is 72.9 Å². The molecule has 0 fully saturated rings. The number of aromatic nitrogens is 1. The monoisotopic (exact) mass is 396 g/mol. The van der Waals surface area contributed by atoms with Crippen LogP contribution in [0.1, 0.15) is 5.56 Å². The molecule has 0 amide bonds. The molecular formula is C25H18NS2+. The highest BCUT2D eigenvalue weighted by Gasteiger charge is 2.21. The maximum Gasteiger partial charge on any atom is 0.230 e. The van der Waals surface area contributed by atoms with Crippen LogP contribution >= 0.6 is 22.7 Å². The number of pyridine rings is 1. The van der Waals surface area contributed by atoms with Crippen molar-refractivity contribution in [2.75, 3.05) is 0 Å². The fourth-order valence-electron chi connectivity index (χ4n) is 4.25. The Kier molecular flexibility index (Phi) is 3.40. The van der Waals surface area contributed by atoms with Gasteiger partial charge in [0.2, 0.25) is 5.69 Å². The fraction of sp³-hybridized carbons (Fsp3) is 0.0800. The van der Waals surface area contributed by atoms with E-state index in [0.717, 1.165) is 0 Å². The second-order valence-electron chi connectivity index (χ2n) is 7.38. The molecule has 0 bridgehead atoms. The summed E-state index contributed by atoms with van der Waals surface area (Å²) in [5, 5.41) is 5.47. The van der Waals surface area contributed by atoms with Crippen molar-refractivity contribution in [3.8, 4) is 11.3 Å². The molecule has 0 N–H and O–H groups in total. The van der Waals surface area contributed by atoms with Crippen molar-refractivity contribution in [1.82, 2.24) is 0 Å². The molecule has 3 aromatic heterocycles. The molecule has 0 aliphatic carbocycles. The summed E-state index contributed by atoms with van der Waals surface area (Å²) >= 11 is 3.81. The first-order chi connectivity index (χ1) is 13.7. The van der Waals surface area contributed by atoms with E-state index in [-0.39, 0.29) is 0 Å². The van der Waals surface area contributed by atoms with Gasteiger partial charge in [0.1, 0.15) is 11.7 Å². The minimum Gasteiger partial charge on any atom is -0.200 e. The summed E-state index contributed by atoms with van der Waals surface area (Å²) in [5.41, 5.74) is 3.94. The number of nitrogens with zero attached hydrogens (tertiary/aromatic N) is 1. The van der Waals surface area contributed by atoms with E-state index in [1.165, 1.54) is 57.2 Å². The molecule has 3 aromatic carbocycles. The average Bonchev–Trinajstić information content (AvgIpc) is 3.24. The lowest BCUT2D eigenvalue weighted by atomic mass is 10.0. The molecule has 0 saturated heterocycles. The van der Waals surface area contributed by atoms with Crippen LogP contribution in [0, 0.1) is 6.92 Å². The van der Waals surface area contributed by atoms with Gasteiger partial charge < -0.3 is 0 Å². The highest BCUT2D eigenvalue weighted by atomic mass is 32.1. The van der Waals surface area contributed by atoms with Gasteiger partial charge in [-0.05, 0) is 36.8 Å². The lowest BCUT2D eigenvalue weighted by Crippen LogP contribution is -2.30. The molecule has 0 aliphatic rings. The second-order valence-corrected chi connectivity index (χ2v) is 9.51. The van der Waals surface area contributed by atoms with E-state index in [1.54, 1.807) is 0 Å². The van der Waals surface area contributed by atoms with Crippen LogP contribution < -0.4 is 4.57 Å². The highest BCUT2D eigenvalue weighted by Crippen LogP contribution is 2.43. The Morgan fingerprint density at radius 3 is 2.25 bits per heavy atom. The third kappa shape index (κ3) is 2.20. The smallest absolute Gasteiger partial charge is 0.200 e. The Bertz CT molecular complexity index is 1530. The first kappa shape index (κ1) is 16.2. The van der Waals surface area contributed by atoms with Gasteiger partial charge in [0.25, 0.3) is 0 Å². The Morgan fingerprint density at radius 1 is 0.679 bits per heavy atom. The van der Waals surface area contributed by atoms with Crippen molar-refractivity contribution in [3.63, 3.8) is 0 Å². The summed E-state index contributed by atoms with van der Waals surface area (Å²) in [6, 6.07) is 24.5. The van der Waals surface area contributed by atoms with E-state index in [1.807, 2.05) is 22.7 Å². The van der Waals surface area contributed by atoms with Crippen molar-refractivity contribution in [3.05, 3.63) is 78.5 Å². The molecular weight excluding hydrogens is 378 g/mol. The van der Waals surface area contributed by atoms with Gasteiger partial charge in [-0.1, -0.05) is 36.4 Å². The van der Waals surface area contributed by atoms with Gasteiger partial charge in [-0.15, -0.1) is 22.7 Å². The third-order valence-corrected chi connectivity index (χ3v) is 7.97. The lowest BCUT2D eigenvalue weighted by Gasteiger charge is -2.05. The van der Waals surface area contributed by atoms with Crippen LogP contribution in [0.2, 0.25) is 0 Å². The van der Waals surface area contributed by atoms with Gasteiger partial charge >= 0.3 is 0 Å². The van der Waals surface area contributed by atoms with Crippen molar-refractivity contribution in [2.24, 2.45) is 7.05 Å². The van der Waals surface area contributed by atoms with Crippen molar-refractivity contribution in [2.45, 2.75) is 6.92 Å². The highest BCUT2D eigenvalue weighted by molar-refractivity contribution is 7.27. The van der Waals surface area contributed by atoms with Crippen LogP contribution in [0.5, 0.6) is 0 Å². The lowest BCUT2D eigenvalue weighted by molar-refractivity contribution is -0.659. The van der Waals surface area contributed by atoms with E-state index < -0.39 is 0 Å². The van der Waals surface area contributed by atoms with Gasteiger partial charge in [-0.2, -0.15) is 4.57 Å². The predicted molar refractivity (Wildman–Crippen MR) is 124 cm³/mol. The molecule has 1 nitrogen and oxygen atoms in total. The van der Waals surface area contributed by atoms with Crippen LogP contribution in [0.3, 0.4) is 0 Å². The van der Waals surface area contributed by atoms with Crippen LogP contribution in [0.4, 0.5) is 0 Å². The van der Waals surface area contributed by atoms with Gasteiger partial charge in [-0.25, -0.2) is 0 Å². The molecule has 0 atom stereocenters. The Labute approximate surface area is 171 Å². The molecule has 0 radical (unpaired) electrons. The molecule has 0 saturated carbocycles. The molecule has 0 spiro atoms. The number of benzene rings is 3. The van der Waals surface area contributed by atoms with E-state index in [4.69, 9.17) is 0 Å². The molecule has 134 valence electrons. The maximum absolute atomic E-state index is 2.40. The zero-order valence-corrected chi connectivity index (χ0v) is 17.3. The van der Waals surface area contributed by atoms with Crippen molar-refractivity contribution >= 4 is 63.0 Å². The number of rotatable bonds is 1. The van der Waals surface area contributed by atoms with Crippen molar-refractivity contribution < 1.29 is 4.57 Å².